The number of amides is 1. The van der Waals surface area contributed by atoms with Crippen molar-refractivity contribution in [2.24, 2.45) is 0 Å². The van der Waals surface area contributed by atoms with E-state index in [9.17, 15) is 9.00 Å². The van der Waals surface area contributed by atoms with E-state index in [1.165, 1.54) is 12.8 Å². The minimum absolute atomic E-state index is 0.142. The predicted octanol–water partition coefficient (Wildman–Crippen LogP) is 2.52. The fourth-order valence-electron chi connectivity index (χ4n) is 2.84. The maximum atomic E-state index is 11.9. The van der Waals surface area contributed by atoms with Crippen molar-refractivity contribution >= 4 is 16.7 Å². The molecule has 1 aliphatic rings. The van der Waals surface area contributed by atoms with Crippen LogP contribution in [0.1, 0.15) is 50.6 Å². The van der Waals surface area contributed by atoms with E-state index in [4.69, 9.17) is 0 Å². The van der Waals surface area contributed by atoms with Gasteiger partial charge in [-0.1, -0.05) is 25.0 Å². The Labute approximate surface area is 135 Å². The van der Waals surface area contributed by atoms with Crippen LogP contribution in [0.4, 0.5) is 0 Å². The van der Waals surface area contributed by atoms with Gasteiger partial charge >= 0.3 is 0 Å². The second-order valence-electron chi connectivity index (χ2n) is 6.00. The van der Waals surface area contributed by atoms with E-state index >= 15 is 0 Å². The molecular weight excluding hydrogens is 296 g/mol. The molecule has 0 unspecified atom stereocenters. The molecule has 1 aliphatic carbocycles. The van der Waals surface area contributed by atoms with Crippen LogP contribution >= 0.6 is 0 Å². The minimum atomic E-state index is -0.938. The van der Waals surface area contributed by atoms with Gasteiger partial charge in [-0.05, 0) is 37.5 Å². The van der Waals surface area contributed by atoms with Gasteiger partial charge in [-0.15, -0.1) is 0 Å². The molecule has 22 heavy (non-hydrogen) atoms. The van der Waals surface area contributed by atoms with E-state index in [1.807, 2.05) is 24.3 Å². The van der Waals surface area contributed by atoms with Crippen molar-refractivity contribution in [3.8, 4) is 0 Å². The predicted molar refractivity (Wildman–Crippen MR) is 90.2 cm³/mol. The lowest BCUT2D eigenvalue weighted by Gasteiger charge is -2.16. The summed E-state index contributed by atoms with van der Waals surface area (Å²) in [5, 5.41) is 6.47. The fraction of sp³-hybridized carbons (Fsp3) is 0.588. The van der Waals surface area contributed by atoms with Crippen molar-refractivity contribution in [3.05, 3.63) is 29.8 Å². The zero-order valence-corrected chi connectivity index (χ0v) is 14.2. The Morgan fingerprint density at radius 2 is 1.91 bits per heavy atom. The Balaban J connectivity index is 1.71. The van der Waals surface area contributed by atoms with Gasteiger partial charge in [0.05, 0.1) is 0 Å². The maximum Gasteiger partial charge on any atom is 0.221 e. The van der Waals surface area contributed by atoms with Gasteiger partial charge in [0.1, 0.15) is 0 Å². The molecule has 2 N–H and O–H groups in total. The molecule has 0 aromatic heterocycles. The molecule has 0 heterocycles. The highest BCUT2D eigenvalue weighted by Crippen LogP contribution is 2.18. The smallest absolute Gasteiger partial charge is 0.221 e. The SMILES string of the molecule is C[C@@H](NCCC(=O)NC1CCCC1)c1ccc([S@@](C)=O)cc1. The topological polar surface area (TPSA) is 58.2 Å². The van der Waals surface area contributed by atoms with Gasteiger partial charge in [-0.25, -0.2) is 0 Å². The van der Waals surface area contributed by atoms with Crippen LogP contribution in [-0.2, 0) is 15.6 Å². The van der Waals surface area contributed by atoms with E-state index in [1.54, 1.807) is 6.26 Å². The molecule has 0 radical (unpaired) electrons. The van der Waals surface area contributed by atoms with Gasteiger partial charge in [0.15, 0.2) is 0 Å². The zero-order chi connectivity index (χ0) is 15.9. The molecule has 0 saturated heterocycles. The number of carbonyl (C=O) groups is 1. The van der Waals surface area contributed by atoms with Crippen LogP contribution in [0.15, 0.2) is 29.2 Å². The molecule has 4 nitrogen and oxygen atoms in total. The van der Waals surface area contributed by atoms with Gasteiger partial charge in [0.25, 0.3) is 0 Å². The van der Waals surface area contributed by atoms with Gasteiger partial charge in [0.2, 0.25) is 5.91 Å². The first kappa shape index (κ1) is 17.2. The normalized spacial score (nSPS) is 18.1. The third-order valence-electron chi connectivity index (χ3n) is 4.23. The van der Waals surface area contributed by atoms with Crippen LogP contribution in [-0.4, -0.2) is 29.0 Å². The molecule has 0 spiro atoms. The summed E-state index contributed by atoms with van der Waals surface area (Å²) in [7, 11) is -0.938. The van der Waals surface area contributed by atoms with E-state index in [-0.39, 0.29) is 11.9 Å². The summed E-state index contributed by atoms with van der Waals surface area (Å²) in [4.78, 5) is 12.7. The lowest BCUT2D eigenvalue weighted by atomic mass is 10.1. The lowest BCUT2D eigenvalue weighted by molar-refractivity contribution is -0.121. The largest absolute Gasteiger partial charge is 0.353 e. The standard InChI is InChI=1S/C17H26N2O2S/c1-13(14-7-9-16(10-8-14)22(2)21)18-12-11-17(20)19-15-5-3-4-6-15/h7-10,13,15,18H,3-6,11-12H2,1-2H3,(H,19,20)/t13-,22-/m1/s1. The van der Waals surface area contributed by atoms with E-state index < -0.39 is 10.8 Å². The molecule has 1 aromatic rings. The maximum absolute atomic E-state index is 11.9. The number of carbonyl (C=O) groups excluding carboxylic acids is 1. The Bertz CT molecular complexity index is 510. The summed E-state index contributed by atoms with van der Waals surface area (Å²) in [6, 6.07) is 8.36. The van der Waals surface area contributed by atoms with Gasteiger partial charge in [0, 0.05) is 47.0 Å². The zero-order valence-electron chi connectivity index (χ0n) is 13.4. The lowest BCUT2D eigenvalue weighted by Crippen LogP contribution is -2.34. The van der Waals surface area contributed by atoms with Crippen LogP contribution in [0.2, 0.25) is 0 Å². The summed E-state index contributed by atoms with van der Waals surface area (Å²) in [6.07, 6.45) is 6.91. The molecule has 2 atom stereocenters. The summed E-state index contributed by atoms with van der Waals surface area (Å²) in [5.41, 5.74) is 1.14. The Morgan fingerprint density at radius 1 is 1.27 bits per heavy atom. The second kappa shape index (κ2) is 8.44. The summed E-state index contributed by atoms with van der Waals surface area (Å²) in [6.45, 7) is 2.74. The summed E-state index contributed by atoms with van der Waals surface area (Å²) in [5.74, 6) is 0.142. The van der Waals surface area contributed by atoms with Crippen LogP contribution < -0.4 is 10.6 Å². The van der Waals surface area contributed by atoms with Gasteiger partial charge in [-0.2, -0.15) is 0 Å². The van der Waals surface area contributed by atoms with Crippen LogP contribution in [0, 0.1) is 0 Å². The quantitative estimate of drug-likeness (QED) is 0.811. The number of nitrogens with one attached hydrogen (secondary N) is 2. The Kier molecular flexibility index (Phi) is 6.58. The first-order valence-electron chi connectivity index (χ1n) is 8.02. The van der Waals surface area contributed by atoms with Crippen molar-refractivity contribution < 1.29 is 9.00 Å². The summed E-state index contributed by atoms with van der Waals surface area (Å²) < 4.78 is 11.4. The van der Waals surface area contributed by atoms with Crippen LogP contribution in [0.5, 0.6) is 0 Å². The number of benzene rings is 1. The molecule has 1 saturated carbocycles. The molecule has 1 aromatic carbocycles. The average Bonchev–Trinajstić information content (AvgIpc) is 3.00. The van der Waals surface area contributed by atoms with Crippen molar-refractivity contribution in [1.82, 2.24) is 10.6 Å². The monoisotopic (exact) mass is 322 g/mol. The van der Waals surface area contributed by atoms with E-state index in [0.29, 0.717) is 19.0 Å². The highest BCUT2D eigenvalue weighted by atomic mass is 32.2. The molecule has 1 fully saturated rings. The Morgan fingerprint density at radius 3 is 2.50 bits per heavy atom. The molecule has 2 rings (SSSR count). The molecule has 1 amide bonds. The van der Waals surface area contributed by atoms with E-state index in [2.05, 4.69) is 17.6 Å². The highest BCUT2D eigenvalue weighted by Gasteiger charge is 2.16. The van der Waals surface area contributed by atoms with Crippen molar-refractivity contribution in [2.45, 2.75) is 56.0 Å². The van der Waals surface area contributed by atoms with Crippen molar-refractivity contribution in [3.63, 3.8) is 0 Å². The molecule has 122 valence electrons. The van der Waals surface area contributed by atoms with E-state index in [0.717, 1.165) is 23.3 Å². The highest BCUT2D eigenvalue weighted by molar-refractivity contribution is 7.84. The molecular formula is C17H26N2O2S. The molecule has 5 heteroatoms. The third-order valence-corrected chi connectivity index (χ3v) is 5.17. The van der Waals surface area contributed by atoms with Gasteiger partial charge < -0.3 is 10.6 Å². The van der Waals surface area contributed by atoms with Crippen LogP contribution in [0.3, 0.4) is 0 Å². The summed E-state index contributed by atoms with van der Waals surface area (Å²) >= 11 is 0. The fourth-order valence-corrected chi connectivity index (χ4v) is 3.36. The molecule has 0 aliphatic heterocycles. The first-order chi connectivity index (χ1) is 10.6. The first-order valence-corrected chi connectivity index (χ1v) is 9.58. The Hall–Kier alpha value is -1.20. The average molecular weight is 322 g/mol. The van der Waals surface area contributed by atoms with Crippen molar-refractivity contribution in [1.29, 1.82) is 0 Å². The number of rotatable bonds is 7. The van der Waals surface area contributed by atoms with Crippen LogP contribution in [0.25, 0.3) is 0 Å². The second-order valence-corrected chi connectivity index (χ2v) is 7.38. The third kappa shape index (κ3) is 5.21. The molecule has 0 bridgehead atoms. The number of hydrogen-bond donors (Lipinski definition) is 2. The number of hydrogen-bond acceptors (Lipinski definition) is 3. The van der Waals surface area contributed by atoms with Gasteiger partial charge in [-0.3, -0.25) is 9.00 Å². The van der Waals surface area contributed by atoms with Crippen molar-refractivity contribution in [2.75, 3.05) is 12.8 Å². The minimum Gasteiger partial charge on any atom is -0.353 e.